The maximum atomic E-state index is 12.9. The number of hydrogen-bond donors (Lipinski definition) is 0. The predicted molar refractivity (Wildman–Crippen MR) is 97.3 cm³/mol. The number of carbonyl (C=O) groups is 2. The van der Waals surface area contributed by atoms with Gasteiger partial charge in [0, 0.05) is 58.0 Å². The van der Waals surface area contributed by atoms with E-state index in [0.29, 0.717) is 38.5 Å². The number of carbonyl (C=O) groups excluding carboxylic acids is 2. The second-order valence-corrected chi connectivity index (χ2v) is 7.44. The fourth-order valence-electron chi connectivity index (χ4n) is 4.08. The summed E-state index contributed by atoms with van der Waals surface area (Å²) in [5, 5.41) is 8.15. The maximum Gasteiger partial charge on any atom is 0.227 e. The van der Waals surface area contributed by atoms with Gasteiger partial charge in [-0.15, -0.1) is 10.2 Å². The van der Waals surface area contributed by atoms with Gasteiger partial charge in [0.15, 0.2) is 0 Å². The summed E-state index contributed by atoms with van der Waals surface area (Å²) in [4.78, 5) is 33.0. The number of pyridine rings is 1. The molecule has 0 saturated carbocycles. The van der Waals surface area contributed by atoms with Gasteiger partial charge in [0.05, 0.1) is 5.92 Å². The van der Waals surface area contributed by atoms with E-state index < -0.39 is 0 Å². The fourth-order valence-corrected chi connectivity index (χ4v) is 4.08. The lowest BCUT2D eigenvalue weighted by molar-refractivity contribution is -0.136. The van der Waals surface area contributed by atoms with Gasteiger partial charge in [-0.25, -0.2) is 0 Å². The summed E-state index contributed by atoms with van der Waals surface area (Å²) in [7, 11) is 1.95. The summed E-state index contributed by atoms with van der Waals surface area (Å²) in [6, 6.07) is 3.81. The third kappa shape index (κ3) is 3.70. The van der Waals surface area contributed by atoms with Crippen molar-refractivity contribution in [2.24, 2.45) is 13.0 Å². The number of aryl methyl sites for hydroxylation is 1. The Kier molecular flexibility index (Phi) is 4.87. The third-order valence-electron chi connectivity index (χ3n) is 5.58. The average Bonchev–Trinajstić information content (AvgIpc) is 3.28. The van der Waals surface area contributed by atoms with E-state index in [0.717, 1.165) is 24.2 Å². The molecule has 1 unspecified atom stereocenters. The highest BCUT2D eigenvalue weighted by molar-refractivity contribution is 5.89. The van der Waals surface area contributed by atoms with E-state index in [1.807, 2.05) is 28.6 Å². The Balaban J connectivity index is 1.33. The standard InChI is InChI=1S/C19H24N6O2/c1-23-13-21-22-18(23)15-4-7-24(8-5-15)19(27)16-9-17(26)25(12-16)11-14-3-2-6-20-10-14/h2-3,6,10,13,15-16H,4-5,7-9,11-12H2,1H3. The van der Waals surface area contributed by atoms with E-state index in [1.165, 1.54) is 0 Å². The van der Waals surface area contributed by atoms with Crippen molar-refractivity contribution in [2.75, 3.05) is 19.6 Å². The predicted octanol–water partition coefficient (Wildman–Crippen LogP) is 0.965. The molecule has 2 aromatic heterocycles. The lowest BCUT2D eigenvalue weighted by Gasteiger charge is -2.33. The number of likely N-dealkylation sites (tertiary alicyclic amines) is 2. The molecule has 2 amide bonds. The molecule has 2 aliphatic rings. The van der Waals surface area contributed by atoms with Gasteiger partial charge in [-0.1, -0.05) is 6.07 Å². The Morgan fingerprint density at radius 3 is 2.78 bits per heavy atom. The minimum atomic E-state index is -0.236. The highest BCUT2D eigenvalue weighted by Gasteiger charge is 2.37. The van der Waals surface area contributed by atoms with Crippen molar-refractivity contribution in [2.45, 2.75) is 31.7 Å². The highest BCUT2D eigenvalue weighted by atomic mass is 16.2. The largest absolute Gasteiger partial charge is 0.342 e. The van der Waals surface area contributed by atoms with Gasteiger partial charge in [0.1, 0.15) is 12.2 Å². The van der Waals surface area contributed by atoms with Gasteiger partial charge in [-0.2, -0.15) is 0 Å². The van der Waals surface area contributed by atoms with Crippen molar-refractivity contribution in [1.82, 2.24) is 29.5 Å². The van der Waals surface area contributed by atoms with Crippen LogP contribution >= 0.6 is 0 Å². The van der Waals surface area contributed by atoms with Crippen LogP contribution in [0.4, 0.5) is 0 Å². The summed E-state index contributed by atoms with van der Waals surface area (Å²) in [5.41, 5.74) is 0.989. The van der Waals surface area contributed by atoms with Crippen LogP contribution in [-0.4, -0.2) is 61.0 Å². The molecule has 2 fully saturated rings. The minimum Gasteiger partial charge on any atom is -0.342 e. The number of amides is 2. The lowest BCUT2D eigenvalue weighted by Crippen LogP contribution is -2.42. The van der Waals surface area contributed by atoms with Crippen LogP contribution in [0.25, 0.3) is 0 Å². The fraction of sp³-hybridized carbons (Fsp3) is 0.526. The van der Waals surface area contributed by atoms with E-state index >= 15 is 0 Å². The first-order valence-corrected chi connectivity index (χ1v) is 9.41. The maximum absolute atomic E-state index is 12.9. The van der Waals surface area contributed by atoms with Crippen LogP contribution in [0.3, 0.4) is 0 Å². The Hall–Kier alpha value is -2.77. The zero-order valence-corrected chi connectivity index (χ0v) is 15.5. The SMILES string of the molecule is Cn1cnnc1C1CCN(C(=O)C2CC(=O)N(Cc3cccnc3)C2)CC1. The third-order valence-corrected chi connectivity index (χ3v) is 5.58. The van der Waals surface area contributed by atoms with Gasteiger partial charge in [-0.05, 0) is 24.5 Å². The molecule has 2 saturated heterocycles. The van der Waals surface area contributed by atoms with Crippen molar-refractivity contribution in [3.8, 4) is 0 Å². The van der Waals surface area contributed by atoms with E-state index in [2.05, 4.69) is 15.2 Å². The van der Waals surface area contributed by atoms with Gasteiger partial charge in [0.25, 0.3) is 0 Å². The number of rotatable bonds is 4. The molecule has 4 heterocycles. The smallest absolute Gasteiger partial charge is 0.227 e. The number of nitrogens with zero attached hydrogens (tertiary/aromatic N) is 6. The molecular weight excluding hydrogens is 344 g/mol. The number of piperidine rings is 1. The van der Waals surface area contributed by atoms with Crippen LogP contribution in [0.1, 0.15) is 36.6 Å². The van der Waals surface area contributed by atoms with Crippen LogP contribution in [-0.2, 0) is 23.2 Å². The zero-order valence-electron chi connectivity index (χ0n) is 15.5. The number of hydrogen-bond acceptors (Lipinski definition) is 5. The van der Waals surface area contributed by atoms with Crippen LogP contribution in [0.15, 0.2) is 30.9 Å². The highest BCUT2D eigenvalue weighted by Crippen LogP contribution is 2.29. The molecule has 0 N–H and O–H groups in total. The molecule has 4 rings (SSSR count). The Labute approximate surface area is 158 Å². The summed E-state index contributed by atoms with van der Waals surface area (Å²) in [6.07, 6.45) is 7.28. The van der Waals surface area contributed by atoms with Crippen LogP contribution in [0, 0.1) is 5.92 Å². The average molecular weight is 368 g/mol. The minimum absolute atomic E-state index is 0.0474. The molecule has 0 radical (unpaired) electrons. The first-order chi connectivity index (χ1) is 13.1. The second-order valence-electron chi connectivity index (χ2n) is 7.44. The summed E-state index contributed by atoms with van der Waals surface area (Å²) >= 11 is 0. The summed E-state index contributed by atoms with van der Waals surface area (Å²) in [5.74, 6) is 1.25. The van der Waals surface area contributed by atoms with E-state index in [9.17, 15) is 9.59 Å². The number of aromatic nitrogens is 4. The van der Waals surface area contributed by atoms with Crippen LogP contribution in [0.2, 0.25) is 0 Å². The molecule has 142 valence electrons. The van der Waals surface area contributed by atoms with E-state index in [4.69, 9.17) is 0 Å². The van der Waals surface area contributed by atoms with Crippen LogP contribution in [0.5, 0.6) is 0 Å². The van der Waals surface area contributed by atoms with Crippen LogP contribution < -0.4 is 0 Å². The zero-order chi connectivity index (χ0) is 18.8. The molecule has 2 aliphatic heterocycles. The Morgan fingerprint density at radius 2 is 2.11 bits per heavy atom. The normalized spacial score (nSPS) is 21.1. The summed E-state index contributed by atoms with van der Waals surface area (Å²) < 4.78 is 1.95. The topological polar surface area (TPSA) is 84.2 Å². The molecule has 8 heteroatoms. The molecule has 2 aromatic rings. The van der Waals surface area contributed by atoms with E-state index in [1.54, 1.807) is 23.6 Å². The quantitative estimate of drug-likeness (QED) is 0.803. The van der Waals surface area contributed by atoms with Crippen molar-refractivity contribution in [3.05, 3.63) is 42.2 Å². The molecule has 1 atom stereocenters. The summed E-state index contributed by atoms with van der Waals surface area (Å²) in [6.45, 7) is 2.44. The molecule has 8 nitrogen and oxygen atoms in total. The second kappa shape index (κ2) is 7.46. The molecule has 0 spiro atoms. The first-order valence-electron chi connectivity index (χ1n) is 9.41. The Bertz CT molecular complexity index is 813. The molecule has 0 bridgehead atoms. The van der Waals surface area contributed by atoms with Gasteiger partial charge >= 0.3 is 0 Å². The molecule has 27 heavy (non-hydrogen) atoms. The van der Waals surface area contributed by atoms with E-state index in [-0.39, 0.29) is 17.7 Å². The molecule has 0 aromatic carbocycles. The van der Waals surface area contributed by atoms with Crippen molar-refractivity contribution in [1.29, 1.82) is 0 Å². The van der Waals surface area contributed by atoms with Crippen molar-refractivity contribution < 1.29 is 9.59 Å². The monoisotopic (exact) mass is 368 g/mol. The first kappa shape index (κ1) is 17.6. The molecular formula is C19H24N6O2. The van der Waals surface area contributed by atoms with Gasteiger partial charge in [-0.3, -0.25) is 14.6 Å². The Morgan fingerprint density at radius 1 is 1.30 bits per heavy atom. The molecule has 0 aliphatic carbocycles. The van der Waals surface area contributed by atoms with Gasteiger partial charge in [0.2, 0.25) is 11.8 Å². The lowest BCUT2D eigenvalue weighted by atomic mass is 9.94. The van der Waals surface area contributed by atoms with Crippen molar-refractivity contribution in [3.63, 3.8) is 0 Å². The van der Waals surface area contributed by atoms with Crippen molar-refractivity contribution >= 4 is 11.8 Å². The van der Waals surface area contributed by atoms with Gasteiger partial charge < -0.3 is 14.4 Å².